The van der Waals surface area contributed by atoms with Gasteiger partial charge in [-0.3, -0.25) is 14.4 Å². The minimum Gasteiger partial charge on any atom is -0.350 e. The van der Waals surface area contributed by atoms with Gasteiger partial charge in [0.05, 0.1) is 13.1 Å². The maximum Gasteiger partial charge on any atom is 0.243 e. The number of rotatable bonds is 5. The highest BCUT2D eigenvalue weighted by molar-refractivity contribution is 5.93. The molecule has 1 unspecified atom stereocenters. The van der Waals surface area contributed by atoms with Gasteiger partial charge in [0, 0.05) is 13.0 Å². The Morgan fingerprint density at radius 1 is 1.22 bits per heavy atom. The summed E-state index contributed by atoms with van der Waals surface area (Å²) in [5, 5.41) is 5.53. The lowest BCUT2D eigenvalue weighted by atomic mass is 9.91. The summed E-state index contributed by atoms with van der Waals surface area (Å²) in [7, 11) is 0. The molecule has 0 saturated carbocycles. The quantitative estimate of drug-likeness (QED) is 0.832. The second-order valence-electron chi connectivity index (χ2n) is 8.69. The van der Waals surface area contributed by atoms with Crippen LogP contribution >= 0.6 is 0 Å². The third-order valence-corrected chi connectivity index (χ3v) is 4.62. The summed E-state index contributed by atoms with van der Waals surface area (Å²) >= 11 is 0. The molecule has 3 amide bonds. The Morgan fingerprint density at radius 3 is 2.41 bits per heavy atom. The first kappa shape index (κ1) is 20.9. The summed E-state index contributed by atoms with van der Waals surface area (Å²) in [6, 6.07) is 7.33. The fourth-order valence-electron chi connectivity index (χ4n) is 3.02. The monoisotopic (exact) mass is 373 g/mol. The van der Waals surface area contributed by atoms with Crippen molar-refractivity contribution in [2.45, 2.75) is 66.0 Å². The van der Waals surface area contributed by atoms with Crippen LogP contribution in [0.1, 0.15) is 64.5 Å². The summed E-state index contributed by atoms with van der Waals surface area (Å²) < 4.78 is 0. The largest absolute Gasteiger partial charge is 0.350 e. The smallest absolute Gasteiger partial charge is 0.243 e. The molecule has 1 aromatic rings. The van der Waals surface area contributed by atoms with Gasteiger partial charge < -0.3 is 15.5 Å². The van der Waals surface area contributed by atoms with Gasteiger partial charge in [-0.2, -0.15) is 0 Å². The molecule has 6 heteroatoms. The van der Waals surface area contributed by atoms with E-state index < -0.39 is 6.04 Å². The fourth-order valence-corrected chi connectivity index (χ4v) is 3.02. The van der Waals surface area contributed by atoms with E-state index in [1.165, 1.54) is 10.5 Å². The van der Waals surface area contributed by atoms with E-state index in [2.05, 4.69) is 36.6 Å². The van der Waals surface area contributed by atoms with E-state index in [9.17, 15) is 14.4 Å². The van der Waals surface area contributed by atoms with Crippen LogP contribution in [-0.2, 0) is 20.9 Å². The molecule has 1 aromatic carbocycles. The van der Waals surface area contributed by atoms with Gasteiger partial charge in [0.15, 0.2) is 0 Å². The van der Waals surface area contributed by atoms with E-state index in [1.807, 2.05) is 32.9 Å². The zero-order chi connectivity index (χ0) is 20.2. The van der Waals surface area contributed by atoms with E-state index in [-0.39, 0.29) is 36.2 Å². The Hall–Kier alpha value is -2.37. The molecular formula is C21H31N3O3. The number of nitrogens with zero attached hydrogens (tertiary/aromatic N) is 1. The topological polar surface area (TPSA) is 78.5 Å². The van der Waals surface area contributed by atoms with Crippen LogP contribution < -0.4 is 10.6 Å². The molecule has 0 radical (unpaired) electrons. The Bertz CT molecular complexity index is 690. The van der Waals surface area contributed by atoms with Crippen molar-refractivity contribution in [1.82, 2.24) is 15.5 Å². The van der Waals surface area contributed by atoms with Gasteiger partial charge >= 0.3 is 0 Å². The molecule has 1 atom stereocenters. The van der Waals surface area contributed by atoms with Crippen molar-refractivity contribution in [3.63, 3.8) is 0 Å². The van der Waals surface area contributed by atoms with E-state index >= 15 is 0 Å². The average Bonchev–Trinajstić information content (AvgIpc) is 2.58. The second-order valence-corrected chi connectivity index (χ2v) is 8.69. The van der Waals surface area contributed by atoms with Crippen LogP contribution in [0.4, 0.5) is 0 Å². The molecular weight excluding hydrogens is 342 g/mol. The van der Waals surface area contributed by atoms with Crippen LogP contribution in [0.3, 0.4) is 0 Å². The van der Waals surface area contributed by atoms with Gasteiger partial charge in [-0.1, -0.05) is 58.9 Å². The molecule has 0 aliphatic carbocycles. The molecule has 2 rings (SSSR count). The van der Waals surface area contributed by atoms with Gasteiger partial charge in [0.2, 0.25) is 17.7 Å². The SMILES string of the molecule is CC(C)c1ccc(CNC(=O)C2CC(=O)NCN2C(=O)CC(C)(C)C)cc1. The predicted octanol–water partition coefficient (Wildman–Crippen LogP) is 2.54. The van der Waals surface area contributed by atoms with Crippen molar-refractivity contribution in [3.05, 3.63) is 35.4 Å². The zero-order valence-electron chi connectivity index (χ0n) is 17.0. The summed E-state index contributed by atoms with van der Waals surface area (Å²) in [4.78, 5) is 38.5. The summed E-state index contributed by atoms with van der Waals surface area (Å²) in [6.07, 6.45) is 0.317. The van der Waals surface area contributed by atoms with Crippen molar-refractivity contribution >= 4 is 17.7 Å². The van der Waals surface area contributed by atoms with E-state index in [0.29, 0.717) is 18.9 Å². The van der Waals surface area contributed by atoms with E-state index in [4.69, 9.17) is 0 Å². The third kappa shape index (κ3) is 6.08. The lowest BCUT2D eigenvalue weighted by Gasteiger charge is -2.36. The molecule has 1 saturated heterocycles. The molecule has 1 aliphatic rings. The molecule has 0 aromatic heterocycles. The van der Waals surface area contributed by atoms with E-state index in [1.54, 1.807) is 0 Å². The normalized spacial score (nSPS) is 17.6. The highest BCUT2D eigenvalue weighted by Crippen LogP contribution is 2.22. The summed E-state index contributed by atoms with van der Waals surface area (Å²) in [5.74, 6) is -0.169. The van der Waals surface area contributed by atoms with Crippen LogP contribution in [0, 0.1) is 5.41 Å². The van der Waals surface area contributed by atoms with Gasteiger partial charge in [-0.05, 0) is 22.5 Å². The van der Waals surface area contributed by atoms with Crippen LogP contribution in [0.5, 0.6) is 0 Å². The molecule has 27 heavy (non-hydrogen) atoms. The number of benzene rings is 1. The number of carbonyl (C=O) groups excluding carboxylic acids is 3. The lowest BCUT2D eigenvalue weighted by molar-refractivity contribution is -0.148. The molecule has 148 valence electrons. The van der Waals surface area contributed by atoms with Crippen LogP contribution in [0.25, 0.3) is 0 Å². The maximum atomic E-state index is 12.7. The minimum atomic E-state index is -0.761. The van der Waals surface area contributed by atoms with Crippen LogP contribution in [0.2, 0.25) is 0 Å². The van der Waals surface area contributed by atoms with Crippen LogP contribution in [0.15, 0.2) is 24.3 Å². The van der Waals surface area contributed by atoms with Gasteiger partial charge in [-0.15, -0.1) is 0 Å². The van der Waals surface area contributed by atoms with Crippen molar-refractivity contribution in [2.24, 2.45) is 5.41 Å². The highest BCUT2D eigenvalue weighted by Gasteiger charge is 2.36. The predicted molar refractivity (Wildman–Crippen MR) is 105 cm³/mol. The summed E-state index contributed by atoms with van der Waals surface area (Å²) in [5.41, 5.74) is 2.05. The highest BCUT2D eigenvalue weighted by atomic mass is 16.2. The second kappa shape index (κ2) is 8.55. The third-order valence-electron chi connectivity index (χ3n) is 4.62. The molecule has 0 spiro atoms. The Balaban J connectivity index is 2.02. The molecule has 0 bridgehead atoms. The Labute approximate surface area is 161 Å². The standard InChI is InChI=1S/C21H31N3O3/c1-14(2)16-8-6-15(7-9-16)12-22-20(27)17-10-18(25)23-13-24(17)19(26)11-21(3,4)5/h6-9,14,17H,10-13H2,1-5H3,(H,22,27)(H,23,25). The number of carbonyl (C=O) groups is 3. The van der Waals surface area contributed by atoms with Crippen molar-refractivity contribution < 1.29 is 14.4 Å². The molecule has 6 nitrogen and oxygen atoms in total. The van der Waals surface area contributed by atoms with Crippen molar-refractivity contribution in [3.8, 4) is 0 Å². The van der Waals surface area contributed by atoms with Crippen molar-refractivity contribution in [1.29, 1.82) is 0 Å². The maximum absolute atomic E-state index is 12.7. The fraction of sp³-hybridized carbons (Fsp3) is 0.571. The number of nitrogens with one attached hydrogen (secondary N) is 2. The average molecular weight is 373 g/mol. The van der Waals surface area contributed by atoms with Crippen LogP contribution in [-0.4, -0.2) is 35.3 Å². The first-order chi connectivity index (χ1) is 12.6. The lowest BCUT2D eigenvalue weighted by Crippen LogP contribution is -2.59. The van der Waals surface area contributed by atoms with Gasteiger partial charge in [0.25, 0.3) is 0 Å². The first-order valence-corrected chi connectivity index (χ1v) is 9.49. The molecule has 2 N–H and O–H groups in total. The Kier molecular flexibility index (Phi) is 6.63. The van der Waals surface area contributed by atoms with Gasteiger partial charge in [-0.25, -0.2) is 0 Å². The number of hydrogen-bond acceptors (Lipinski definition) is 3. The minimum absolute atomic E-state index is 0.00595. The van der Waals surface area contributed by atoms with Gasteiger partial charge in [0.1, 0.15) is 6.04 Å². The first-order valence-electron chi connectivity index (χ1n) is 9.49. The number of hydrogen-bond donors (Lipinski definition) is 2. The molecule has 1 aliphatic heterocycles. The molecule has 1 heterocycles. The molecule has 1 fully saturated rings. The summed E-state index contributed by atoms with van der Waals surface area (Å²) in [6.45, 7) is 10.6. The Morgan fingerprint density at radius 2 is 1.85 bits per heavy atom. The van der Waals surface area contributed by atoms with Crippen molar-refractivity contribution in [2.75, 3.05) is 6.67 Å². The van der Waals surface area contributed by atoms with E-state index in [0.717, 1.165) is 5.56 Å². The zero-order valence-corrected chi connectivity index (χ0v) is 17.0. The number of amides is 3.